The molecule has 3 heteroatoms. The van der Waals surface area contributed by atoms with E-state index in [2.05, 4.69) is 6.58 Å². The maximum absolute atomic E-state index is 10.8. The molecular weight excluding hydrogens is 212 g/mol. The number of allylic oxidation sites excluding steroid dienone is 1. The Balaban J connectivity index is 2.76. The molecule has 0 aromatic heterocycles. The number of para-hydroxylation sites is 1. The van der Waals surface area contributed by atoms with Gasteiger partial charge in [0.1, 0.15) is 5.75 Å². The molecule has 15 heavy (non-hydrogen) atoms. The fourth-order valence-electron chi connectivity index (χ4n) is 1.24. The van der Waals surface area contributed by atoms with Crippen LogP contribution in [0, 0.1) is 0 Å². The Labute approximate surface area is 94.5 Å². The Kier molecular flexibility index (Phi) is 4.37. The highest BCUT2D eigenvalue weighted by molar-refractivity contribution is 6.29. The third-order valence-electron chi connectivity index (χ3n) is 1.89. The molecule has 0 aliphatic heterocycles. The second kappa shape index (κ2) is 5.56. The van der Waals surface area contributed by atoms with Crippen LogP contribution in [0.3, 0.4) is 0 Å². The van der Waals surface area contributed by atoms with E-state index in [1.54, 1.807) is 6.07 Å². The standard InChI is InChI=1S/C12H13ClO2/c1-9(13)7-8-11-5-3-4-6-12(11)15-10(2)14/h3-6H,1,7-8H2,2H3. The van der Waals surface area contributed by atoms with Crippen LogP contribution >= 0.6 is 11.6 Å². The lowest BCUT2D eigenvalue weighted by Crippen LogP contribution is -2.03. The van der Waals surface area contributed by atoms with E-state index in [1.165, 1.54) is 6.92 Å². The summed E-state index contributed by atoms with van der Waals surface area (Å²) in [6.45, 7) is 5.00. The Bertz CT molecular complexity index is 372. The zero-order valence-electron chi connectivity index (χ0n) is 8.63. The quantitative estimate of drug-likeness (QED) is 0.580. The van der Waals surface area contributed by atoms with Crippen LogP contribution in [-0.4, -0.2) is 5.97 Å². The number of ether oxygens (including phenoxy) is 1. The van der Waals surface area contributed by atoms with Gasteiger partial charge >= 0.3 is 5.97 Å². The molecule has 0 heterocycles. The molecule has 0 fully saturated rings. The first-order valence-electron chi connectivity index (χ1n) is 4.69. The van der Waals surface area contributed by atoms with Gasteiger partial charge in [0.2, 0.25) is 0 Å². The van der Waals surface area contributed by atoms with Gasteiger partial charge < -0.3 is 4.74 Å². The van der Waals surface area contributed by atoms with Crippen LogP contribution in [0.5, 0.6) is 5.75 Å². The predicted molar refractivity (Wildman–Crippen MR) is 61.1 cm³/mol. The van der Waals surface area contributed by atoms with Crippen LogP contribution in [0.2, 0.25) is 0 Å². The zero-order valence-corrected chi connectivity index (χ0v) is 9.38. The smallest absolute Gasteiger partial charge is 0.308 e. The lowest BCUT2D eigenvalue weighted by molar-refractivity contribution is -0.131. The maximum atomic E-state index is 10.8. The first-order valence-corrected chi connectivity index (χ1v) is 5.07. The Morgan fingerprint density at radius 2 is 2.13 bits per heavy atom. The van der Waals surface area contributed by atoms with Crippen molar-refractivity contribution in [2.24, 2.45) is 0 Å². The molecular formula is C12H13ClO2. The van der Waals surface area contributed by atoms with Gasteiger partial charge in [-0.3, -0.25) is 4.79 Å². The molecule has 0 radical (unpaired) electrons. The molecule has 0 bridgehead atoms. The summed E-state index contributed by atoms with van der Waals surface area (Å²) < 4.78 is 5.07. The minimum Gasteiger partial charge on any atom is -0.426 e. The highest BCUT2D eigenvalue weighted by Crippen LogP contribution is 2.21. The third-order valence-corrected chi connectivity index (χ3v) is 2.08. The summed E-state index contributed by atoms with van der Waals surface area (Å²) in [5.41, 5.74) is 0.967. The predicted octanol–water partition coefficient (Wildman–Crippen LogP) is 3.30. The first kappa shape index (κ1) is 11.8. The van der Waals surface area contributed by atoms with Gasteiger partial charge in [0.25, 0.3) is 0 Å². The fourth-order valence-corrected chi connectivity index (χ4v) is 1.33. The monoisotopic (exact) mass is 224 g/mol. The number of hydrogen-bond acceptors (Lipinski definition) is 2. The van der Waals surface area contributed by atoms with Crippen LogP contribution in [0.15, 0.2) is 35.9 Å². The normalized spacial score (nSPS) is 9.73. The summed E-state index contributed by atoms with van der Waals surface area (Å²) in [6, 6.07) is 7.42. The molecule has 0 atom stereocenters. The molecule has 1 aromatic rings. The molecule has 0 aliphatic rings. The van der Waals surface area contributed by atoms with Gasteiger partial charge in [-0.15, -0.1) is 0 Å². The number of benzene rings is 1. The average Bonchev–Trinajstić information content (AvgIpc) is 2.15. The molecule has 0 saturated carbocycles. The summed E-state index contributed by atoms with van der Waals surface area (Å²) in [5.74, 6) is 0.287. The fraction of sp³-hybridized carbons (Fsp3) is 0.250. The van der Waals surface area contributed by atoms with Gasteiger partial charge in [-0.25, -0.2) is 0 Å². The SMILES string of the molecule is C=C(Cl)CCc1ccccc1OC(C)=O. The van der Waals surface area contributed by atoms with Gasteiger partial charge in [0.15, 0.2) is 0 Å². The lowest BCUT2D eigenvalue weighted by Gasteiger charge is -2.07. The van der Waals surface area contributed by atoms with Crippen molar-refractivity contribution < 1.29 is 9.53 Å². The van der Waals surface area contributed by atoms with E-state index in [9.17, 15) is 4.79 Å². The number of aryl methyl sites for hydroxylation is 1. The van der Waals surface area contributed by atoms with Crippen molar-refractivity contribution in [2.45, 2.75) is 19.8 Å². The van der Waals surface area contributed by atoms with Crippen LogP contribution in [0.4, 0.5) is 0 Å². The van der Waals surface area contributed by atoms with Crippen molar-refractivity contribution in [1.29, 1.82) is 0 Å². The number of carbonyl (C=O) groups is 1. The van der Waals surface area contributed by atoms with E-state index in [4.69, 9.17) is 16.3 Å². The van der Waals surface area contributed by atoms with Gasteiger partial charge in [-0.1, -0.05) is 36.4 Å². The van der Waals surface area contributed by atoms with Crippen LogP contribution in [-0.2, 0) is 11.2 Å². The van der Waals surface area contributed by atoms with Crippen molar-refractivity contribution in [3.05, 3.63) is 41.4 Å². The van der Waals surface area contributed by atoms with Crippen molar-refractivity contribution >= 4 is 17.6 Å². The highest BCUT2D eigenvalue weighted by Gasteiger charge is 2.05. The Hall–Kier alpha value is -1.28. The molecule has 0 amide bonds. The summed E-state index contributed by atoms with van der Waals surface area (Å²) >= 11 is 5.68. The molecule has 80 valence electrons. The van der Waals surface area contributed by atoms with Crippen molar-refractivity contribution in [1.82, 2.24) is 0 Å². The lowest BCUT2D eigenvalue weighted by atomic mass is 10.1. The second-order valence-electron chi connectivity index (χ2n) is 3.22. The average molecular weight is 225 g/mol. The number of halogens is 1. The minimum absolute atomic E-state index is 0.313. The van der Waals surface area contributed by atoms with Crippen molar-refractivity contribution in [3.8, 4) is 5.75 Å². The van der Waals surface area contributed by atoms with Gasteiger partial charge in [-0.05, 0) is 24.5 Å². The van der Waals surface area contributed by atoms with Gasteiger partial charge in [0.05, 0.1) is 0 Å². The summed E-state index contributed by atoms with van der Waals surface area (Å²) in [6.07, 6.45) is 1.41. The number of rotatable bonds is 4. The summed E-state index contributed by atoms with van der Waals surface area (Å²) in [7, 11) is 0. The number of carbonyl (C=O) groups excluding carboxylic acids is 1. The van der Waals surface area contributed by atoms with Crippen LogP contribution < -0.4 is 4.74 Å². The molecule has 1 aromatic carbocycles. The summed E-state index contributed by atoms with van der Waals surface area (Å²) in [5, 5.41) is 0.604. The topological polar surface area (TPSA) is 26.3 Å². The maximum Gasteiger partial charge on any atom is 0.308 e. The van der Waals surface area contributed by atoms with E-state index in [0.717, 1.165) is 12.0 Å². The molecule has 0 spiro atoms. The number of esters is 1. The van der Waals surface area contributed by atoms with E-state index in [1.807, 2.05) is 18.2 Å². The number of hydrogen-bond donors (Lipinski definition) is 0. The van der Waals surface area contributed by atoms with Crippen LogP contribution in [0.1, 0.15) is 18.9 Å². The summed E-state index contributed by atoms with van der Waals surface area (Å²) in [4.78, 5) is 10.8. The molecule has 0 unspecified atom stereocenters. The molecule has 0 N–H and O–H groups in total. The third kappa shape index (κ3) is 4.17. The van der Waals surface area contributed by atoms with Gasteiger partial charge in [-0.2, -0.15) is 0 Å². The Morgan fingerprint density at radius 3 is 2.73 bits per heavy atom. The van der Waals surface area contributed by atoms with E-state index >= 15 is 0 Å². The first-order chi connectivity index (χ1) is 7.09. The van der Waals surface area contributed by atoms with Crippen LogP contribution in [0.25, 0.3) is 0 Å². The zero-order chi connectivity index (χ0) is 11.3. The second-order valence-corrected chi connectivity index (χ2v) is 3.75. The molecule has 1 rings (SSSR count). The van der Waals surface area contributed by atoms with E-state index < -0.39 is 0 Å². The molecule has 0 saturated heterocycles. The van der Waals surface area contributed by atoms with Crippen molar-refractivity contribution in [2.75, 3.05) is 0 Å². The van der Waals surface area contributed by atoms with E-state index in [0.29, 0.717) is 17.2 Å². The molecule has 0 aliphatic carbocycles. The van der Waals surface area contributed by atoms with Crippen molar-refractivity contribution in [3.63, 3.8) is 0 Å². The van der Waals surface area contributed by atoms with E-state index in [-0.39, 0.29) is 5.97 Å². The van der Waals surface area contributed by atoms with Gasteiger partial charge in [0, 0.05) is 12.0 Å². The largest absolute Gasteiger partial charge is 0.426 e. The minimum atomic E-state index is -0.313. The highest BCUT2D eigenvalue weighted by atomic mass is 35.5. The Morgan fingerprint density at radius 1 is 1.47 bits per heavy atom. The molecule has 2 nitrogen and oxygen atoms in total.